The molecule has 3 heterocycles. The van der Waals surface area contributed by atoms with Gasteiger partial charge < -0.3 is 9.72 Å². The summed E-state index contributed by atoms with van der Waals surface area (Å²) in [5.74, 6) is 0.542. The molecular formula is C27H21FN4O. The normalized spacial score (nSPS) is 11.7. The van der Waals surface area contributed by atoms with E-state index in [0.717, 1.165) is 44.9 Å². The van der Waals surface area contributed by atoms with E-state index in [4.69, 9.17) is 4.74 Å². The second kappa shape index (κ2) is 9.36. The molecule has 3 aromatic heterocycles. The van der Waals surface area contributed by atoms with Crippen LogP contribution in [0.2, 0.25) is 0 Å². The van der Waals surface area contributed by atoms with E-state index in [1.54, 1.807) is 12.3 Å². The Balaban J connectivity index is 1.21. The number of ether oxygens (including phenoxy) is 1. The van der Waals surface area contributed by atoms with Gasteiger partial charge in [-0.15, -0.1) is 0 Å². The van der Waals surface area contributed by atoms with Crippen molar-refractivity contribution in [1.82, 2.24) is 20.2 Å². The van der Waals surface area contributed by atoms with Crippen molar-refractivity contribution in [3.05, 3.63) is 113 Å². The molecule has 0 amide bonds. The standard InChI is InChI=1S/C27H21FN4O/c28-21-8-13-27-26(15-21)20(17-30-27)7-10-23-16-22(31-32-23)9-4-19-5-11-25(12-6-19)33-18-24-3-1-2-14-29-24/h1-17,30H,18H2,(H,31,32)/b9-4+,10-7+. The van der Waals surface area contributed by atoms with Crippen LogP contribution in [0.4, 0.5) is 4.39 Å². The molecule has 2 aromatic carbocycles. The summed E-state index contributed by atoms with van der Waals surface area (Å²) in [5.41, 5.74) is 5.43. The molecule has 0 aliphatic rings. The molecule has 0 saturated carbocycles. The van der Waals surface area contributed by atoms with Crippen molar-refractivity contribution in [1.29, 1.82) is 0 Å². The molecule has 0 radical (unpaired) electrons. The predicted molar refractivity (Wildman–Crippen MR) is 130 cm³/mol. The average molecular weight is 436 g/mol. The molecule has 0 aliphatic carbocycles. The van der Waals surface area contributed by atoms with Crippen LogP contribution in [0, 0.1) is 5.82 Å². The van der Waals surface area contributed by atoms with Crippen molar-refractivity contribution < 1.29 is 9.13 Å². The second-order valence-electron chi connectivity index (χ2n) is 7.53. The third kappa shape index (κ3) is 5.07. The molecule has 6 heteroatoms. The van der Waals surface area contributed by atoms with Gasteiger partial charge in [0.25, 0.3) is 0 Å². The summed E-state index contributed by atoms with van der Waals surface area (Å²) in [5, 5.41) is 8.18. The van der Waals surface area contributed by atoms with Gasteiger partial charge in [-0.1, -0.05) is 30.4 Å². The third-order valence-corrected chi connectivity index (χ3v) is 5.18. The van der Waals surface area contributed by atoms with Crippen molar-refractivity contribution in [2.75, 3.05) is 0 Å². The second-order valence-corrected chi connectivity index (χ2v) is 7.53. The highest BCUT2D eigenvalue weighted by atomic mass is 19.1. The van der Waals surface area contributed by atoms with Crippen LogP contribution in [0.5, 0.6) is 5.75 Å². The van der Waals surface area contributed by atoms with Gasteiger partial charge in [-0.25, -0.2) is 4.39 Å². The van der Waals surface area contributed by atoms with Gasteiger partial charge in [0, 0.05) is 23.3 Å². The lowest BCUT2D eigenvalue weighted by molar-refractivity contribution is 0.301. The van der Waals surface area contributed by atoms with Gasteiger partial charge >= 0.3 is 0 Å². The van der Waals surface area contributed by atoms with E-state index < -0.39 is 0 Å². The number of pyridine rings is 1. The molecule has 5 nitrogen and oxygen atoms in total. The summed E-state index contributed by atoms with van der Waals surface area (Å²) in [6.45, 7) is 0.438. The minimum atomic E-state index is -0.251. The third-order valence-electron chi connectivity index (χ3n) is 5.18. The van der Waals surface area contributed by atoms with Crippen molar-refractivity contribution >= 4 is 35.2 Å². The Bertz CT molecular complexity index is 1420. The molecule has 0 aliphatic heterocycles. The first kappa shape index (κ1) is 20.5. The summed E-state index contributed by atoms with van der Waals surface area (Å²) in [7, 11) is 0. The van der Waals surface area contributed by atoms with Crippen molar-refractivity contribution in [3.8, 4) is 5.75 Å². The number of H-pyrrole nitrogens is 2. The lowest BCUT2D eigenvalue weighted by Crippen LogP contribution is -1.97. The zero-order chi connectivity index (χ0) is 22.5. The largest absolute Gasteiger partial charge is 0.487 e. The monoisotopic (exact) mass is 436 g/mol. The minimum Gasteiger partial charge on any atom is -0.487 e. The Hall–Kier alpha value is -4.45. The van der Waals surface area contributed by atoms with Crippen LogP contribution in [-0.4, -0.2) is 20.2 Å². The molecule has 0 atom stereocenters. The van der Waals surface area contributed by atoms with Gasteiger partial charge in [0.1, 0.15) is 18.2 Å². The molecule has 33 heavy (non-hydrogen) atoms. The maximum Gasteiger partial charge on any atom is 0.130 e. The van der Waals surface area contributed by atoms with E-state index >= 15 is 0 Å². The average Bonchev–Trinajstić information content (AvgIpc) is 3.48. The highest BCUT2D eigenvalue weighted by Gasteiger charge is 2.03. The molecule has 2 N–H and O–H groups in total. The lowest BCUT2D eigenvalue weighted by atomic mass is 10.1. The highest BCUT2D eigenvalue weighted by Crippen LogP contribution is 2.21. The van der Waals surface area contributed by atoms with Gasteiger partial charge in [0.05, 0.1) is 17.1 Å². The van der Waals surface area contributed by atoms with E-state index in [0.29, 0.717) is 6.61 Å². The van der Waals surface area contributed by atoms with E-state index in [9.17, 15) is 4.39 Å². The van der Waals surface area contributed by atoms with Crippen molar-refractivity contribution in [2.45, 2.75) is 6.61 Å². The topological polar surface area (TPSA) is 66.6 Å². The van der Waals surface area contributed by atoms with E-state index in [1.165, 1.54) is 12.1 Å². The molecule has 0 unspecified atom stereocenters. The van der Waals surface area contributed by atoms with Crippen LogP contribution in [0.25, 0.3) is 35.2 Å². The van der Waals surface area contributed by atoms with Crippen molar-refractivity contribution in [3.63, 3.8) is 0 Å². The fraction of sp³-hybridized carbons (Fsp3) is 0.0370. The van der Waals surface area contributed by atoms with E-state index in [1.807, 2.05) is 79.0 Å². The molecule has 0 fully saturated rings. The SMILES string of the molecule is Fc1ccc2[nH]cc(/C=C/c3cc(/C=C/c4ccc(OCc5ccccn5)cc4)n[nH]3)c2c1. The quantitative estimate of drug-likeness (QED) is 0.313. The van der Waals surface area contributed by atoms with Gasteiger partial charge in [0.15, 0.2) is 0 Å². The Morgan fingerprint density at radius 2 is 1.82 bits per heavy atom. The molecular weight excluding hydrogens is 415 g/mol. The Morgan fingerprint density at radius 3 is 2.67 bits per heavy atom. The summed E-state index contributed by atoms with van der Waals surface area (Å²) >= 11 is 0. The lowest BCUT2D eigenvalue weighted by Gasteiger charge is -2.05. The molecule has 0 spiro atoms. The summed E-state index contributed by atoms with van der Waals surface area (Å²) in [6, 6.07) is 20.3. The zero-order valence-corrected chi connectivity index (χ0v) is 17.7. The van der Waals surface area contributed by atoms with Crippen LogP contribution in [-0.2, 0) is 6.61 Å². The number of rotatable bonds is 7. The van der Waals surface area contributed by atoms with Gasteiger partial charge in [-0.3, -0.25) is 10.1 Å². The fourth-order valence-electron chi connectivity index (χ4n) is 3.45. The number of nitrogens with zero attached hydrogens (tertiary/aromatic N) is 2. The van der Waals surface area contributed by atoms with Crippen molar-refractivity contribution in [2.24, 2.45) is 0 Å². The first-order valence-electron chi connectivity index (χ1n) is 10.5. The Kier molecular flexibility index (Phi) is 5.80. The number of hydrogen-bond donors (Lipinski definition) is 2. The molecule has 0 bridgehead atoms. The summed E-state index contributed by atoms with van der Waals surface area (Å²) in [6.07, 6.45) is 11.4. The number of aromatic nitrogens is 4. The Labute approximate surface area is 190 Å². The number of aromatic amines is 2. The minimum absolute atomic E-state index is 0.251. The number of nitrogens with one attached hydrogen (secondary N) is 2. The van der Waals surface area contributed by atoms with Crippen LogP contribution < -0.4 is 4.74 Å². The maximum absolute atomic E-state index is 13.5. The van der Waals surface area contributed by atoms with Crippen LogP contribution in [0.3, 0.4) is 0 Å². The first-order chi connectivity index (χ1) is 16.2. The summed E-state index contributed by atoms with van der Waals surface area (Å²) in [4.78, 5) is 7.40. The van der Waals surface area contributed by atoms with Crippen LogP contribution in [0.1, 0.15) is 28.2 Å². The smallest absolute Gasteiger partial charge is 0.130 e. The number of halogens is 1. The van der Waals surface area contributed by atoms with Crippen LogP contribution in [0.15, 0.2) is 79.1 Å². The Morgan fingerprint density at radius 1 is 0.909 bits per heavy atom. The highest BCUT2D eigenvalue weighted by molar-refractivity contribution is 5.91. The summed E-state index contributed by atoms with van der Waals surface area (Å²) < 4.78 is 19.3. The number of fused-ring (bicyclic) bond motifs is 1. The maximum atomic E-state index is 13.5. The fourth-order valence-corrected chi connectivity index (χ4v) is 3.45. The van der Waals surface area contributed by atoms with Gasteiger partial charge in [-0.2, -0.15) is 5.10 Å². The van der Waals surface area contributed by atoms with Gasteiger partial charge in [-0.05, 0) is 71.8 Å². The van der Waals surface area contributed by atoms with E-state index in [-0.39, 0.29) is 5.82 Å². The zero-order valence-electron chi connectivity index (χ0n) is 17.7. The number of benzene rings is 2. The first-order valence-corrected chi connectivity index (χ1v) is 10.5. The number of hydrogen-bond acceptors (Lipinski definition) is 3. The van der Waals surface area contributed by atoms with E-state index in [2.05, 4.69) is 20.2 Å². The molecule has 5 aromatic rings. The molecule has 0 saturated heterocycles. The van der Waals surface area contributed by atoms with Crippen LogP contribution >= 0.6 is 0 Å². The molecule has 5 rings (SSSR count). The predicted octanol–water partition coefficient (Wildman–Crippen LogP) is 6.34. The van der Waals surface area contributed by atoms with Gasteiger partial charge in [0.2, 0.25) is 0 Å². The molecule has 162 valence electrons.